The molecule has 1 saturated heterocycles. The fourth-order valence-corrected chi connectivity index (χ4v) is 5.58. The molecule has 0 aromatic carbocycles. The van der Waals surface area contributed by atoms with E-state index in [1.54, 1.807) is 29.7 Å². The Morgan fingerprint density at radius 3 is 2.42 bits per heavy atom. The Balaban J connectivity index is 1.12. The molecular weight excluding hydrogens is 485 g/mol. The van der Waals surface area contributed by atoms with E-state index in [1.807, 2.05) is 30.3 Å². The molecule has 5 heterocycles. The maximum Gasteiger partial charge on any atom is 0.260 e. The molecule has 11 heteroatoms. The van der Waals surface area contributed by atoms with Crippen LogP contribution in [-0.2, 0) is 11.3 Å². The third kappa shape index (κ3) is 4.69. The summed E-state index contributed by atoms with van der Waals surface area (Å²) in [4.78, 5) is 39.2. The predicted molar refractivity (Wildman–Crippen MR) is 140 cm³/mol. The van der Waals surface area contributed by atoms with E-state index < -0.39 is 5.67 Å². The van der Waals surface area contributed by atoms with Crippen molar-refractivity contribution in [1.82, 2.24) is 39.3 Å². The molecule has 1 aliphatic heterocycles. The molecule has 2 fully saturated rings. The number of nitrogens with zero attached hydrogens (tertiary/aromatic N) is 8. The number of alkyl halides is 1. The third-order valence-electron chi connectivity index (χ3n) is 7.63. The Kier molecular flexibility index (Phi) is 6.44. The zero-order valence-corrected chi connectivity index (χ0v) is 21.1. The highest BCUT2D eigenvalue weighted by molar-refractivity contribution is 5.85. The van der Waals surface area contributed by atoms with Crippen LogP contribution in [0.5, 0.6) is 0 Å². The molecule has 1 amide bonds. The largest absolute Gasteiger partial charge is 0.368 e. The zero-order chi connectivity index (χ0) is 26.1. The zero-order valence-electron chi connectivity index (χ0n) is 21.1. The van der Waals surface area contributed by atoms with Crippen LogP contribution < -0.4 is 5.73 Å². The number of amides is 1. The Morgan fingerprint density at radius 1 is 0.974 bits per heavy atom. The van der Waals surface area contributed by atoms with Gasteiger partial charge in [-0.05, 0) is 49.9 Å². The number of anilines is 1. The molecule has 1 aliphatic carbocycles. The van der Waals surface area contributed by atoms with Crippen molar-refractivity contribution in [2.45, 2.75) is 43.9 Å². The fourth-order valence-electron chi connectivity index (χ4n) is 5.58. The highest BCUT2D eigenvalue weighted by atomic mass is 19.1. The summed E-state index contributed by atoms with van der Waals surface area (Å²) in [5, 5.41) is 0. The van der Waals surface area contributed by atoms with Crippen molar-refractivity contribution in [2.75, 3.05) is 31.9 Å². The standard InChI is InChI=1S/C27H30FN9O/c28-27(25(38)36-14-12-35(13-15-36)18-19-16-32-26(29)33-17-19)8-6-20(7-9-27)37-23-22(5-3-11-31-23)34-24(37)21-4-1-2-10-30-21/h1-5,10-11,16-17,20H,6-9,12-15,18H2,(H2,29,32,33). The van der Waals surface area contributed by atoms with Crippen LogP contribution in [0.3, 0.4) is 0 Å². The number of pyridine rings is 2. The number of hydrogen-bond donors (Lipinski definition) is 1. The molecule has 0 spiro atoms. The van der Waals surface area contributed by atoms with Gasteiger partial charge in [0.25, 0.3) is 5.91 Å². The number of hydrogen-bond acceptors (Lipinski definition) is 8. The van der Waals surface area contributed by atoms with Crippen LogP contribution in [0.15, 0.2) is 55.1 Å². The molecule has 0 atom stereocenters. The second-order valence-corrected chi connectivity index (χ2v) is 10.1. The first-order chi connectivity index (χ1) is 18.5. The normalized spacial score (nSPS) is 22.6. The lowest BCUT2D eigenvalue weighted by atomic mass is 9.82. The van der Waals surface area contributed by atoms with Crippen LogP contribution in [0.2, 0.25) is 0 Å². The Labute approximate surface area is 219 Å². The average Bonchev–Trinajstić information content (AvgIpc) is 3.35. The lowest BCUT2D eigenvalue weighted by molar-refractivity contribution is -0.148. The van der Waals surface area contributed by atoms with Gasteiger partial charge in [0.15, 0.2) is 17.1 Å². The summed E-state index contributed by atoms with van der Waals surface area (Å²) in [6, 6.07) is 9.49. The number of piperazine rings is 1. The molecule has 0 radical (unpaired) electrons. The van der Waals surface area contributed by atoms with E-state index in [2.05, 4.69) is 29.4 Å². The summed E-state index contributed by atoms with van der Waals surface area (Å²) >= 11 is 0. The summed E-state index contributed by atoms with van der Waals surface area (Å²) in [7, 11) is 0. The van der Waals surface area contributed by atoms with Crippen molar-refractivity contribution in [3.8, 4) is 11.5 Å². The number of fused-ring (bicyclic) bond motifs is 1. The summed E-state index contributed by atoms with van der Waals surface area (Å²) in [6.07, 6.45) is 8.32. The first-order valence-electron chi connectivity index (χ1n) is 13.0. The first kappa shape index (κ1) is 24.4. The summed E-state index contributed by atoms with van der Waals surface area (Å²) in [6.45, 7) is 3.04. The Morgan fingerprint density at radius 2 is 1.71 bits per heavy atom. The van der Waals surface area contributed by atoms with Gasteiger partial charge in [-0.15, -0.1) is 0 Å². The molecule has 1 saturated carbocycles. The third-order valence-corrected chi connectivity index (χ3v) is 7.63. The minimum atomic E-state index is -1.85. The molecule has 6 rings (SSSR count). The van der Waals surface area contributed by atoms with Crippen molar-refractivity contribution in [3.63, 3.8) is 0 Å². The Hall–Kier alpha value is -3.99. The molecule has 2 N–H and O–H groups in total. The molecular formula is C27H30FN9O. The average molecular weight is 516 g/mol. The minimum absolute atomic E-state index is 0.0115. The molecule has 2 aliphatic rings. The monoisotopic (exact) mass is 515 g/mol. The summed E-state index contributed by atoms with van der Waals surface area (Å²) < 4.78 is 18.2. The van der Waals surface area contributed by atoms with Crippen LogP contribution in [0.1, 0.15) is 37.3 Å². The number of carbonyl (C=O) groups is 1. The smallest absolute Gasteiger partial charge is 0.260 e. The lowest BCUT2D eigenvalue weighted by Crippen LogP contribution is -2.55. The topological polar surface area (TPSA) is 119 Å². The second-order valence-electron chi connectivity index (χ2n) is 10.1. The van der Waals surface area contributed by atoms with Gasteiger partial charge in [0.1, 0.15) is 11.2 Å². The van der Waals surface area contributed by atoms with E-state index in [0.29, 0.717) is 45.6 Å². The molecule has 4 aromatic rings. The summed E-state index contributed by atoms with van der Waals surface area (Å²) in [5.41, 5.74) is 6.97. The van der Waals surface area contributed by atoms with Gasteiger partial charge in [0, 0.05) is 69.1 Å². The van der Waals surface area contributed by atoms with Crippen molar-refractivity contribution in [3.05, 3.63) is 60.7 Å². The molecule has 0 bridgehead atoms. The molecule has 196 valence electrons. The number of nitrogen functional groups attached to an aromatic ring is 1. The van der Waals surface area contributed by atoms with Crippen molar-refractivity contribution in [1.29, 1.82) is 0 Å². The van der Waals surface area contributed by atoms with Gasteiger partial charge in [0.2, 0.25) is 5.95 Å². The maximum atomic E-state index is 16.1. The maximum absolute atomic E-state index is 16.1. The second kappa shape index (κ2) is 10.1. The molecule has 38 heavy (non-hydrogen) atoms. The predicted octanol–water partition coefficient (Wildman–Crippen LogP) is 3.03. The van der Waals surface area contributed by atoms with Gasteiger partial charge in [0.05, 0.1) is 0 Å². The van der Waals surface area contributed by atoms with Gasteiger partial charge in [-0.1, -0.05) is 6.07 Å². The molecule has 0 unspecified atom stereocenters. The number of rotatable bonds is 5. The van der Waals surface area contributed by atoms with E-state index in [1.165, 1.54) is 0 Å². The lowest BCUT2D eigenvalue weighted by Gasteiger charge is -2.40. The van der Waals surface area contributed by atoms with Crippen LogP contribution >= 0.6 is 0 Å². The number of carbonyl (C=O) groups excluding carboxylic acids is 1. The summed E-state index contributed by atoms with van der Waals surface area (Å²) in [5.74, 6) is 0.590. The number of halogens is 1. The Bertz CT molecular complexity index is 1410. The minimum Gasteiger partial charge on any atom is -0.368 e. The highest BCUT2D eigenvalue weighted by Crippen LogP contribution is 2.41. The highest BCUT2D eigenvalue weighted by Gasteiger charge is 2.45. The van der Waals surface area contributed by atoms with Gasteiger partial charge in [-0.25, -0.2) is 24.3 Å². The van der Waals surface area contributed by atoms with Crippen molar-refractivity contribution < 1.29 is 9.18 Å². The van der Waals surface area contributed by atoms with Crippen LogP contribution in [-0.4, -0.2) is 77.0 Å². The van der Waals surface area contributed by atoms with Crippen LogP contribution in [0, 0.1) is 0 Å². The van der Waals surface area contributed by atoms with E-state index in [-0.39, 0.29) is 30.7 Å². The van der Waals surface area contributed by atoms with E-state index >= 15 is 4.39 Å². The van der Waals surface area contributed by atoms with Gasteiger partial charge in [-0.3, -0.25) is 14.7 Å². The van der Waals surface area contributed by atoms with E-state index in [9.17, 15) is 4.79 Å². The van der Waals surface area contributed by atoms with E-state index in [0.717, 1.165) is 28.2 Å². The first-order valence-corrected chi connectivity index (χ1v) is 13.0. The van der Waals surface area contributed by atoms with Crippen LogP contribution in [0.4, 0.5) is 10.3 Å². The van der Waals surface area contributed by atoms with Gasteiger partial charge in [-0.2, -0.15) is 0 Å². The van der Waals surface area contributed by atoms with Gasteiger partial charge < -0.3 is 15.2 Å². The number of nitrogens with two attached hydrogens (primary N) is 1. The van der Waals surface area contributed by atoms with Crippen molar-refractivity contribution in [2.24, 2.45) is 0 Å². The quantitative estimate of drug-likeness (QED) is 0.431. The number of aromatic nitrogens is 6. The van der Waals surface area contributed by atoms with Crippen LogP contribution in [0.25, 0.3) is 22.7 Å². The fraction of sp³-hybridized carbons (Fsp3) is 0.407. The molecule has 4 aromatic heterocycles. The SMILES string of the molecule is Nc1ncc(CN2CCN(C(=O)C3(F)CCC(n4c(-c5ccccn5)nc5cccnc54)CC3)CC2)cn1. The van der Waals surface area contributed by atoms with E-state index in [4.69, 9.17) is 10.7 Å². The van der Waals surface area contributed by atoms with Crippen molar-refractivity contribution >= 4 is 23.0 Å². The van der Waals surface area contributed by atoms with Gasteiger partial charge >= 0.3 is 0 Å². The molecule has 10 nitrogen and oxygen atoms in total. The number of imidazole rings is 1.